The van der Waals surface area contributed by atoms with E-state index in [2.05, 4.69) is 17.2 Å². The highest BCUT2D eigenvalue weighted by Crippen LogP contribution is 2.12. The molecule has 7 heteroatoms. The van der Waals surface area contributed by atoms with Crippen LogP contribution in [0, 0.1) is 0 Å². The average molecular weight is 387 g/mol. The molecule has 0 fully saturated rings. The maximum Gasteiger partial charge on any atom is 0.306 e. The number of aromatic nitrogens is 2. The Morgan fingerprint density at radius 1 is 1.21 bits per heavy atom. The fourth-order valence-electron chi connectivity index (χ4n) is 2.87. The van der Waals surface area contributed by atoms with Crippen molar-refractivity contribution in [2.75, 3.05) is 6.54 Å². The highest BCUT2D eigenvalue weighted by molar-refractivity contribution is 5.83. The minimum Gasteiger partial charge on any atom is -0.453 e. The van der Waals surface area contributed by atoms with Gasteiger partial charge in [0.15, 0.2) is 6.10 Å². The van der Waals surface area contributed by atoms with Crippen LogP contribution in [-0.2, 0) is 27.3 Å². The van der Waals surface area contributed by atoms with Crippen molar-refractivity contribution in [2.24, 2.45) is 0 Å². The van der Waals surface area contributed by atoms with Crippen molar-refractivity contribution in [1.82, 2.24) is 14.9 Å². The lowest BCUT2D eigenvalue weighted by Crippen LogP contribution is -2.36. The Morgan fingerprint density at radius 3 is 2.68 bits per heavy atom. The van der Waals surface area contributed by atoms with Gasteiger partial charge in [0.25, 0.3) is 11.5 Å². The highest BCUT2D eigenvalue weighted by atomic mass is 16.5. The van der Waals surface area contributed by atoms with Crippen molar-refractivity contribution in [3.8, 4) is 0 Å². The van der Waals surface area contributed by atoms with Gasteiger partial charge in [-0.25, -0.2) is 4.98 Å². The molecule has 1 amide bonds. The Morgan fingerprint density at radius 2 is 1.96 bits per heavy atom. The van der Waals surface area contributed by atoms with Gasteiger partial charge in [-0.1, -0.05) is 32.4 Å². The lowest BCUT2D eigenvalue weighted by Gasteiger charge is -2.14. The number of hydrogen-bond donors (Lipinski definition) is 1. The van der Waals surface area contributed by atoms with Crippen molar-refractivity contribution in [2.45, 2.75) is 65.5 Å². The van der Waals surface area contributed by atoms with Crippen LogP contribution in [0.1, 0.15) is 52.1 Å². The molecule has 1 N–H and O–H groups in total. The van der Waals surface area contributed by atoms with Crippen LogP contribution in [0.4, 0.5) is 0 Å². The fourth-order valence-corrected chi connectivity index (χ4v) is 2.87. The van der Waals surface area contributed by atoms with Crippen LogP contribution in [0.15, 0.2) is 29.1 Å². The number of fused-ring (bicyclic) bond motifs is 1. The van der Waals surface area contributed by atoms with Crippen LogP contribution in [0.2, 0.25) is 0 Å². The Balaban J connectivity index is 2.09. The summed E-state index contributed by atoms with van der Waals surface area (Å²) in [6.45, 7) is 6.71. The Labute approximate surface area is 165 Å². The normalized spacial score (nSPS) is 12.0. The highest BCUT2D eigenvalue weighted by Gasteiger charge is 2.18. The second-order valence-electron chi connectivity index (χ2n) is 6.78. The minimum absolute atomic E-state index is 0.000242. The molecule has 1 heterocycles. The molecule has 2 aromatic rings. The van der Waals surface area contributed by atoms with Gasteiger partial charge in [0.05, 0.1) is 17.5 Å². The molecule has 0 spiro atoms. The third-order valence-electron chi connectivity index (χ3n) is 4.45. The van der Waals surface area contributed by atoms with Gasteiger partial charge in [-0.05, 0) is 31.9 Å². The van der Waals surface area contributed by atoms with Gasteiger partial charge in [-0.3, -0.25) is 14.4 Å². The summed E-state index contributed by atoms with van der Waals surface area (Å²) >= 11 is 0. The lowest BCUT2D eigenvalue weighted by molar-refractivity contribution is -0.154. The number of carbonyl (C=O) groups is 2. The van der Waals surface area contributed by atoms with E-state index in [1.165, 1.54) is 6.92 Å². The smallest absolute Gasteiger partial charge is 0.306 e. The number of hydrogen-bond acceptors (Lipinski definition) is 5. The van der Waals surface area contributed by atoms with Crippen molar-refractivity contribution in [1.29, 1.82) is 0 Å². The van der Waals surface area contributed by atoms with Gasteiger partial charge < -0.3 is 14.6 Å². The molecule has 152 valence electrons. The average Bonchev–Trinajstić information content (AvgIpc) is 2.69. The first-order valence-corrected chi connectivity index (χ1v) is 9.93. The Hall–Kier alpha value is -2.70. The number of esters is 1. The largest absolute Gasteiger partial charge is 0.453 e. The molecule has 28 heavy (non-hydrogen) atoms. The van der Waals surface area contributed by atoms with Crippen molar-refractivity contribution in [3.63, 3.8) is 0 Å². The summed E-state index contributed by atoms with van der Waals surface area (Å²) in [5, 5.41) is 2.69. The molecule has 1 atom stereocenters. The van der Waals surface area contributed by atoms with Crippen LogP contribution >= 0.6 is 0 Å². The zero-order chi connectivity index (χ0) is 20.5. The second kappa shape index (κ2) is 10.6. The maximum absolute atomic E-state index is 12.8. The molecule has 1 aromatic heterocycles. The summed E-state index contributed by atoms with van der Waals surface area (Å²) in [5.41, 5.74) is 1.70. The lowest BCUT2D eigenvalue weighted by atomic mass is 10.2. The number of amides is 1. The number of ether oxygens (including phenoxy) is 1. The van der Waals surface area contributed by atoms with Gasteiger partial charge >= 0.3 is 5.97 Å². The molecule has 0 bridgehead atoms. The molecule has 1 aromatic carbocycles. The van der Waals surface area contributed by atoms with Crippen LogP contribution in [-0.4, -0.2) is 34.1 Å². The number of unbranched alkanes of at least 4 members (excludes halogenated alkanes) is 1. The van der Waals surface area contributed by atoms with Crippen LogP contribution in [0.25, 0.3) is 11.0 Å². The topological polar surface area (TPSA) is 90.3 Å². The van der Waals surface area contributed by atoms with Gasteiger partial charge in [0.1, 0.15) is 5.69 Å². The zero-order valence-corrected chi connectivity index (χ0v) is 16.9. The van der Waals surface area contributed by atoms with Crippen LogP contribution in [0.5, 0.6) is 0 Å². The fraction of sp³-hybridized carbons (Fsp3) is 0.524. The van der Waals surface area contributed by atoms with E-state index < -0.39 is 12.1 Å². The van der Waals surface area contributed by atoms with E-state index in [1.54, 1.807) is 4.57 Å². The summed E-state index contributed by atoms with van der Waals surface area (Å²) in [5.74, 6) is -0.838. The zero-order valence-electron chi connectivity index (χ0n) is 16.9. The molecule has 0 saturated carbocycles. The van der Waals surface area contributed by atoms with Crippen LogP contribution in [0.3, 0.4) is 0 Å². The third kappa shape index (κ3) is 5.65. The Kier molecular flexibility index (Phi) is 8.17. The predicted molar refractivity (Wildman–Crippen MR) is 108 cm³/mol. The Bertz CT molecular complexity index is 876. The van der Waals surface area contributed by atoms with Crippen LogP contribution < -0.4 is 10.9 Å². The summed E-state index contributed by atoms with van der Waals surface area (Å²) in [4.78, 5) is 41.2. The number of aryl methyl sites for hydroxylation is 2. The molecular formula is C21H29N3O4. The quantitative estimate of drug-likeness (QED) is 0.633. The van der Waals surface area contributed by atoms with Crippen molar-refractivity contribution in [3.05, 3.63) is 40.3 Å². The maximum atomic E-state index is 12.8. The van der Waals surface area contributed by atoms with E-state index in [-0.39, 0.29) is 24.3 Å². The van der Waals surface area contributed by atoms with E-state index in [9.17, 15) is 14.4 Å². The monoisotopic (exact) mass is 387 g/mol. The van der Waals surface area contributed by atoms with E-state index in [4.69, 9.17) is 4.74 Å². The first kappa shape index (κ1) is 21.6. The molecule has 0 saturated heterocycles. The van der Waals surface area contributed by atoms with E-state index in [0.717, 1.165) is 30.3 Å². The minimum atomic E-state index is -0.857. The van der Waals surface area contributed by atoms with Gasteiger partial charge in [-0.15, -0.1) is 0 Å². The molecule has 7 nitrogen and oxygen atoms in total. The van der Waals surface area contributed by atoms with Crippen molar-refractivity contribution < 1.29 is 14.3 Å². The molecular weight excluding hydrogens is 358 g/mol. The number of nitrogens with zero attached hydrogens (tertiary/aromatic N) is 2. The number of nitrogens with one attached hydrogen (secondary N) is 1. The van der Waals surface area contributed by atoms with E-state index >= 15 is 0 Å². The van der Waals surface area contributed by atoms with Gasteiger partial charge in [0, 0.05) is 19.5 Å². The third-order valence-corrected chi connectivity index (χ3v) is 4.45. The number of benzene rings is 1. The standard InChI is InChI=1S/C21H29N3O4/c1-4-6-14-24-18-10-8-7-9-16(18)23-17(21(24)27)11-12-19(25)28-15(3)20(26)22-13-5-2/h7-10,15H,4-6,11-14H2,1-3H3,(H,22,26). The first-order valence-electron chi connectivity index (χ1n) is 9.93. The molecule has 0 radical (unpaired) electrons. The molecule has 0 aliphatic carbocycles. The molecule has 1 unspecified atom stereocenters. The summed E-state index contributed by atoms with van der Waals surface area (Å²) < 4.78 is 6.90. The molecule has 0 aliphatic rings. The SMILES string of the molecule is CCCCn1c(=O)c(CCC(=O)OC(C)C(=O)NCCC)nc2ccccc21. The second-order valence-corrected chi connectivity index (χ2v) is 6.78. The summed E-state index contributed by atoms with van der Waals surface area (Å²) in [6.07, 6.45) is 2.00. The molecule has 2 rings (SSSR count). The van der Waals surface area contributed by atoms with Crippen molar-refractivity contribution >= 4 is 22.9 Å². The number of carbonyl (C=O) groups excluding carboxylic acids is 2. The molecule has 0 aliphatic heterocycles. The first-order chi connectivity index (χ1) is 13.5. The predicted octanol–water partition coefficient (Wildman–Crippen LogP) is 2.59. The van der Waals surface area contributed by atoms with Gasteiger partial charge in [-0.2, -0.15) is 0 Å². The summed E-state index contributed by atoms with van der Waals surface area (Å²) in [6, 6.07) is 7.50. The number of rotatable bonds is 10. The van der Waals surface area contributed by atoms with E-state index in [1.807, 2.05) is 31.2 Å². The van der Waals surface area contributed by atoms with E-state index in [0.29, 0.717) is 18.8 Å². The summed E-state index contributed by atoms with van der Waals surface area (Å²) in [7, 11) is 0. The number of para-hydroxylation sites is 2. The van der Waals surface area contributed by atoms with Gasteiger partial charge in [0.2, 0.25) is 0 Å².